The Bertz CT molecular complexity index is 276. The molecule has 2 N–H and O–H groups in total. The van der Waals surface area contributed by atoms with Crippen LogP contribution in [0.5, 0.6) is 0 Å². The highest BCUT2D eigenvalue weighted by Gasteiger charge is 2.11. The second-order valence-electron chi connectivity index (χ2n) is 3.03. The van der Waals surface area contributed by atoms with Crippen LogP contribution in [0.15, 0.2) is 5.38 Å². The Labute approximate surface area is 86.3 Å². The predicted octanol–water partition coefficient (Wildman–Crippen LogP) is 0.429. The van der Waals surface area contributed by atoms with Crippen molar-refractivity contribution in [3.05, 3.63) is 11.1 Å². The fraction of sp³-hybridized carbons (Fsp3) is 0.625. The summed E-state index contributed by atoms with van der Waals surface area (Å²) in [5, 5.41) is 16.6. The van der Waals surface area contributed by atoms with E-state index in [9.17, 15) is 4.79 Å². The number of aliphatic hydroxyl groups excluding tert-OH is 1. The molecule has 0 bridgehead atoms. The van der Waals surface area contributed by atoms with Crippen molar-refractivity contribution in [2.45, 2.75) is 25.8 Å². The lowest BCUT2D eigenvalue weighted by atomic mass is 10.2. The first-order chi connectivity index (χ1) is 6.74. The molecule has 0 aliphatic rings. The normalized spacial score (nSPS) is 12.4. The Hall–Kier alpha value is -1.01. The van der Waals surface area contributed by atoms with E-state index in [0.717, 1.165) is 18.0 Å². The molecule has 6 heteroatoms. The van der Waals surface area contributed by atoms with Crippen molar-refractivity contribution in [2.24, 2.45) is 0 Å². The third-order valence-electron chi connectivity index (χ3n) is 1.77. The lowest BCUT2D eigenvalue weighted by Gasteiger charge is -2.11. The van der Waals surface area contributed by atoms with Crippen LogP contribution in [0.25, 0.3) is 0 Å². The zero-order chi connectivity index (χ0) is 10.4. The molecule has 78 valence electrons. The van der Waals surface area contributed by atoms with Crippen LogP contribution in [0.1, 0.15) is 30.3 Å². The molecular formula is C8H13N3O2S. The van der Waals surface area contributed by atoms with Crippen molar-refractivity contribution in [1.29, 1.82) is 0 Å². The first kappa shape index (κ1) is 11.1. The van der Waals surface area contributed by atoms with E-state index in [1.165, 1.54) is 0 Å². The second kappa shape index (κ2) is 5.66. The summed E-state index contributed by atoms with van der Waals surface area (Å²) in [5.41, 5.74) is 0.353. The number of aliphatic hydroxyl groups is 1. The molecule has 1 amide bonds. The molecule has 0 spiro atoms. The van der Waals surface area contributed by atoms with E-state index in [1.54, 1.807) is 5.38 Å². The van der Waals surface area contributed by atoms with Crippen molar-refractivity contribution in [3.63, 3.8) is 0 Å². The third kappa shape index (κ3) is 3.39. The molecule has 1 unspecified atom stereocenters. The summed E-state index contributed by atoms with van der Waals surface area (Å²) in [6.45, 7) is 2.05. The lowest BCUT2D eigenvalue weighted by molar-refractivity contribution is 0.0931. The van der Waals surface area contributed by atoms with E-state index in [0.29, 0.717) is 12.1 Å². The van der Waals surface area contributed by atoms with Gasteiger partial charge in [0.1, 0.15) is 0 Å². The molecule has 1 atom stereocenters. The molecule has 5 nitrogen and oxygen atoms in total. The highest BCUT2D eigenvalue weighted by molar-refractivity contribution is 7.03. The van der Waals surface area contributed by atoms with E-state index in [2.05, 4.69) is 14.9 Å². The third-order valence-corrected chi connectivity index (χ3v) is 2.27. The molecule has 0 fully saturated rings. The van der Waals surface area contributed by atoms with Crippen molar-refractivity contribution in [3.8, 4) is 0 Å². The van der Waals surface area contributed by atoms with Crippen LogP contribution in [0.4, 0.5) is 0 Å². The molecule has 0 aromatic carbocycles. The Morgan fingerprint density at radius 3 is 3.14 bits per heavy atom. The topological polar surface area (TPSA) is 75.1 Å². The maximum absolute atomic E-state index is 11.4. The highest BCUT2D eigenvalue weighted by Crippen LogP contribution is 2.00. The second-order valence-corrected chi connectivity index (χ2v) is 3.64. The van der Waals surface area contributed by atoms with E-state index in [4.69, 9.17) is 5.11 Å². The van der Waals surface area contributed by atoms with Gasteiger partial charge in [-0.3, -0.25) is 4.79 Å². The molecule has 1 aromatic heterocycles. The van der Waals surface area contributed by atoms with Crippen LogP contribution in [-0.4, -0.2) is 33.2 Å². The van der Waals surface area contributed by atoms with Crippen LogP contribution < -0.4 is 5.32 Å². The van der Waals surface area contributed by atoms with Gasteiger partial charge < -0.3 is 10.4 Å². The minimum absolute atomic E-state index is 0.0522. The number of carbonyl (C=O) groups excluding carboxylic acids is 1. The molecule has 0 saturated heterocycles. The number of nitrogens with one attached hydrogen (secondary N) is 1. The van der Waals surface area contributed by atoms with Gasteiger partial charge in [-0.2, -0.15) is 0 Å². The van der Waals surface area contributed by atoms with Crippen molar-refractivity contribution in [1.82, 2.24) is 14.9 Å². The van der Waals surface area contributed by atoms with Crippen LogP contribution in [0, 0.1) is 0 Å². The maximum Gasteiger partial charge on any atom is 0.272 e. The fourth-order valence-electron chi connectivity index (χ4n) is 1.03. The van der Waals surface area contributed by atoms with E-state index in [1.807, 2.05) is 6.92 Å². The minimum Gasteiger partial charge on any atom is -0.396 e. The van der Waals surface area contributed by atoms with E-state index < -0.39 is 0 Å². The van der Waals surface area contributed by atoms with Crippen LogP contribution in [-0.2, 0) is 0 Å². The SMILES string of the molecule is CC(CCCO)NC(=O)c1csnn1. The van der Waals surface area contributed by atoms with Gasteiger partial charge in [0.05, 0.1) is 0 Å². The first-order valence-electron chi connectivity index (χ1n) is 4.43. The molecule has 1 aromatic rings. The molecule has 0 aliphatic heterocycles. The Morgan fingerprint density at radius 2 is 2.57 bits per heavy atom. The standard InChI is InChI=1S/C8H13N3O2S/c1-6(3-2-4-12)9-8(13)7-5-14-11-10-7/h5-6,12H,2-4H2,1H3,(H,9,13). The molecule has 0 saturated carbocycles. The zero-order valence-corrected chi connectivity index (χ0v) is 8.75. The van der Waals surface area contributed by atoms with Gasteiger partial charge in [-0.1, -0.05) is 4.49 Å². The van der Waals surface area contributed by atoms with E-state index >= 15 is 0 Å². The van der Waals surface area contributed by atoms with Crippen molar-refractivity contribution < 1.29 is 9.90 Å². The monoisotopic (exact) mass is 215 g/mol. The Balaban J connectivity index is 2.34. The van der Waals surface area contributed by atoms with Crippen LogP contribution >= 0.6 is 11.5 Å². The molecule has 0 radical (unpaired) electrons. The smallest absolute Gasteiger partial charge is 0.272 e. The molecule has 0 aliphatic carbocycles. The maximum atomic E-state index is 11.4. The summed E-state index contributed by atoms with van der Waals surface area (Å²) >= 11 is 1.15. The fourth-order valence-corrected chi connectivity index (χ4v) is 1.47. The summed E-state index contributed by atoms with van der Waals surface area (Å²) in [5.74, 6) is -0.204. The molecule has 14 heavy (non-hydrogen) atoms. The van der Waals surface area contributed by atoms with Gasteiger partial charge in [-0.05, 0) is 31.3 Å². The highest BCUT2D eigenvalue weighted by atomic mass is 32.1. The molecular weight excluding hydrogens is 202 g/mol. The summed E-state index contributed by atoms with van der Waals surface area (Å²) < 4.78 is 3.60. The summed E-state index contributed by atoms with van der Waals surface area (Å²) in [4.78, 5) is 11.4. The number of carbonyl (C=O) groups is 1. The molecule has 1 heterocycles. The first-order valence-corrected chi connectivity index (χ1v) is 5.26. The lowest BCUT2D eigenvalue weighted by Crippen LogP contribution is -2.32. The van der Waals surface area contributed by atoms with Gasteiger partial charge in [0.2, 0.25) is 0 Å². The summed E-state index contributed by atoms with van der Waals surface area (Å²) in [6, 6.07) is 0.0522. The van der Waals surface area contributed by atoms with Crippen LogP contribution in [0.2, 0.25) is 0 Å². The average Bonchev–Trinajstić information content (AvgIpc) is 2.67. The zero-order valence-electron chi connectivity index (χ0n) is 7.93. The number of aromatic nitrogens is 2. The largest absolute Gasteiger partial charge is 0.396 e. The Morgan fingerprint density at radius 1 is 1.79 bits per heavy atom. The summed E-state index contributed by atoms with van der Waals surface area (Å²) in [6.07, 6.45) is 1.45. The molecule has 1 rings (SSSR count). The van der Waals surface area contributed by atoms with Gasteiger partial charge in [-0.15, -0.1) is 5.10 Å². The van der Waals surface area contributed by atoms with Gasteiger partial charge in [0, 0.05) is 18.0 Å². The van der Waals surface area contributed by atoms with Crippen LogP contribution in [0.3, 0.4) is 0 Å². The van der Waals surface area contributed by atoms with Crippen molar-refractivity contribution in [2.75, 3.05) is 6.61 Å². The predicted molar refractivity (Wildman–Crippen MR) is 53.2 cm³/mol. The number of nitrogens with zero attached hydrogens (tertiary/aromatic N) is 2. The van der Waals surface area contributed by atoms with Gasteiger partial charge >= 0.3 is 0 Å². The number of hydrogen-bond donors (Lipinski definition) is 2. The minimum atomic E-state index is -0.204. The van der Waals surface area contributed by atoms with Gasteiger partial charge in [0.25, 0.3) is 5.91 Å². The van der Waals surface area contributed by atoms with E-state index in [-0.39, 0.29) is 18.6 Å². The average molecular weight is 215 g/mol. The summed E-state index contributed by atoms with van der Waals surface area (Å²) in [7, 11) is 0. The van der Waals surface area contributed by atoms with Crippen molar-refractivity contribution >= 4 is 17.4 Å². The number of hydrogen-bond acceptors (Lipinski definition) is 5. The van der Waals surface area contributed by atoms with Gasteiger partial charge in [-0.25, -0.2) is 0 Å². The van der Waals surface area contributed by atoms with Gasteiger partial charge in [0.15, 0.2) is 5.69 Å². The number of amides is 1. The Kier molecular flexibility index (Phi) is 4.48. The number of rotatable bonds is 5. The quantitative estimate of drug-likeness (QED) is 0.747.